The number of methoxy groups -OCH3 is 1. The van der Waals surface area contributed by atoms with Gasteiger partial charge < -0.3 is 15.0 Å². The van der Waals surface area contributed by atoms with Crippen molar-refractivity contribution in [1.29, 1.82) is 0 Å². The Labute approximate surface area is 120 Å². The van der Waals surface area contributed by atoms with E-state index in [4.69, 9.17) is 4.74 Å². The topological polar surface area (TPSA) is 54.5 Å². The molecule has 1 aliphatic heterocycles. The van der Waals surface area contributed by atoms with Crippen molar-refractivity contribution in [1.82, 2.24) is 10.3 Å². The van der Waals surface area contributed by atoms with Crippen LogP contribution in [0, 0.1) is 5.92 Å². The molecule has 0 radical (unpaired) electrons. The van der Waals surface area contributed by atoms with E-state index in [1.807, 2.05) is 19.2 Å². The molecular formula is C15H23N3O2. The van der Waals surface area contributed by atoms with E-state index in [0.29, 0.717) is 5.69 Å². The molecule has 0 aliphatic carbocycles. The van der Waals surface area contributed by atoms with Crippen LogP contribution in [-0.2, 0) is 4.74 Å². The molecule has 0 aromatic carbocycles. The summed E-state index contributed by atoms with van der Waals surface area (Å²) in [5, 5.41) is 3.21. The predicted octanol–water partition coefficient (Wildman–Crippen LogP) is 1.69. The highest BCUT2D eigenvalue weighted by Crippen LogP contribution is 2.25. The second-order valence-electron chi connectivity index (χ2n) is 5.21. The highest BCUT2D eigenvalue weighted by Gasteiger charge is 2.20. The summed E-state index contributed by atoms with van der Waals surface area (Å²) < 4.78 is 4.71. The molecule has 2 rings (SSSR count). The van der Waals surface area contributed by atoms with Crippen LogP contribution in [0.5, 0.6) is 0 Å². The molecule has 2 heterocycles. The third-order valence-electron chi connectivity index (χ3n) is 3.92. The summed E-state index contributed by atoms with van der Waals surface area (Å²) in [6, 6.07) is 3.78. The van der Waals surface area contributed by atoms with E-state index < -0.39 is 0 Å². The van der Waals surface area contributed by atoms with Gasteiger partial charge in [-0.3, -0.25) is 0 Å². The Morgan fingerprint density at radius 2 is 2.25 bits per heavy atom. The van der Waals surface area contributed by atoms with Crippen LogP contribution in [0.15, 0.2) is 18.3 Å². The van der Waals surface area contributed by atoms with Gasteiger partial charge in [0, 0.05) is 25.0 Å². The quantitative estimate of drug-likeness (QED) is 0.830. The fourth-order valence-electron chi connectivity index (χ4n) is 2.66. The van der Waals surface area contributed by atoms with E-state index in [2.05, 4.69) is 15.2 Å². The number of hydrogen-bond acceptors (Lipinski definition) is 5. The van der Waals surface area contributed by atoms with E-state index in [0.717, 1.165) is 31.2 Å². The molecule has 1 fully saturated rings. The van der Waals surface area contributed by atoms with Crippen molar-refractivity contribution in [2.24, 2.45) is 5.92 Å². The molecule has 1 aromatic rings. The fourth-order valence-corrected chi connectivity index (χ4v) is 2.66. The van der Waals surface area contributed by atoms with Gasteiger partial charge >= 0.3 is 5.97 Å². The molecule has 1 N–H and O–H groups in total. The molecule has 0 unspecified atom stereocenters. The van der Waals surface area contributed by atoms with Crippen molar-refractivity contribution >= 4 is 11.7 Å². The maximum atomic E-state index is 11.5. The van der Waals surface area contributed by atoms with Crippen molar-refractivity contribution < 1.29 is 9.53 Å². The minimum absolute atomic E-state index is 0.377. The van der Waals surface area contributed by atoms with E-state index in [1.165, 1.54) is 26.4 Å². The number of rotatable bonds is 5. The van der Waals surface area contributed by atoms with Crippen LogP contribution in [0.4, 0.5) is 5.69 Å². The number of carbonyl (C=O) groups is 1. The maximum Gasteiger partial charge on any atom is 0.356 e. The number of nitrogens with zero attached hydrogens (tertiary/aromatic N) is 2. The zero-order valence-corrected chi connectivity index (χ0v) is 12.3. The number of ether oxygens (including phenoxy) is 1. The second kappa shape index (κ2) is 7.24. The van der Waals surface area contributed by atoms with Gasteiger partial charge in [-0.15, -0.1) is 0 Å². The predicted molar refractivity (Wildman–Crippen MR) is 79.1 cm³/mol. The maximum absolute atomic E-state index is 11.5. The molecule has 5 nitrogen and oxygen atoms in total. The van der Waals surface area contributed by atoms with Gasteiger partial charge in [-0.2, -0.15) is 0 Å². The first-order chi connectivity index (χ1) is 9.74. The van der Waals surface area contributed by atoms with E-state index in [-0.39, 0.29) is 5.97 Å². The minimum Gasteiger partial charge on any atom is -0.464 e. The van der Waals surface area contributed by atoms with Gasteiger partial charge in [-0.05, 0) is 50.9 Å². The lowest BCUT2D eigenvalue weighted by Gasteiger charge is -2.33. The summed E-state index contributed by atoms with van der Waals surface area (Å²) in [4.78, 5) is 17.9. The van der Waals surface area contributed by atoms with Crippen molar-refractivity contribution in [2.45, 2.75) is 19.3 Å². The van der Waals surface area contributed by atoms with Gasteiger partial charge in [0.25, 0.3) is 0 Å². The van der Waals surface area contributed by atoms with E-state index in [9.17, 15) is 4.79 Å². The van der Waals surface area contributed by atoms with Crippen LogP contribution in [-0.4, -0.2) is 44.7 Å². The van der Waals surface area contributed by atoms with Crippen LogP contribution >= 0.6 is 0 Å². The standard InChI is InChI=1S/C15H23N3O2/c1-16-7-3-12-5-9-18(10-6-12)13-4-8-17-14(11-13)15(19)20-2/h4,8,11-12,16H,3,5-7,9-10H2,1-2H3. The van der Waals surface area contributed by atoms with Gasteiger partial charge in [0.05, 0.1) is 7.11 Å². The largest absolute Gasteiger partial charge is 0.464 e. The zero-order valence-electron chi connectivity index (χ0n) is 12.3. The smallest absolute Gasteiger partial charge is 0.356 e. The summed E-state index contributed by atoms with van der Waals surface area (Å²) in [7, 11) is 3.38. The lowest BCUT2D eigenvalue weighted by Crippen LogP contribution is -2.34. The number of esters is 1. The number of carbonyl (C=O) groups excluding carboxylic acids is 1. The first kappa shape index (κ1) is 14.8. The third-order valence-corrected chi connectivity index (χ3v) is 3.92. The molecule has 1 aromatic heterocycles. The summed E-state index contributed by atoms with van der Waals surface area (Å²) in [6.45, 7) is 3.17. The zero-order chi connectivity index (χ0) is 14.4. The van der Waals surface area contributed by atoms with E-state index in [1.54, 1.807) is 6.20 Å². The summed E-state index contributed by atoms with van der Waals surface area (Å²) in [5.74, 6) is 0.427. The molecule has 0 atom stereocenters. The Kier molecular flexibility index (Phi) is 5.35. The molecule has 0 spiro atoms. The molecule has 1 saturated heterocycles. The van der Waals surface area contributed by atoms with Gasteiger partial charge in [-0.25, -0.2) is 9.78 Å². The van der Waals surface area contributed by atoms with Gasteiger partial charge in [0.15, 0.2) is 0 Å². The average Bonchev–Trinajstić information content (AvgIpc) is 2.52. The Bertz CT molecular complexity index is 442. The molecule has 1 aliphatic rings. The highest BCUT2D eigenvalue weighted by molar-refractivity contribution is 5.88. The Morgan fingerprint density at radius 3 is 2.90 bits per heavy atom. The first-order valence-corrected chi connectivity index (χ1v) is 7.18. The van der Waals surface area contributed by atoms with Crippen LogP contribution in [0.3, 0.4) is 0 Å². The number of hydrogen-bond donors (Lipinski definition) is 1. The Morgan fingerprint density at radius 1 is 1.50 bits per heavy atom. The molecule has 0 saturated carbocycles. The number of nitrogens with one attached hydrogen (secondary N) is 1. The molecule has 0 amide bonds. The van der Waals surface area contributed by atoms with Crippen molar-refractivity contribution in [3.05, 3.63) is 24.0 Å². The number of anilines is 1. The van der Waals surface area contributed by atoms with Gasteiger partial charge in [-0.1, -0.05) is 0 Å². The molecule has 110 valence electrons. The number of pyridine rings is 1. The Hall–Kier alpha value is -1.62. The summed E-state index contributed by atoms with van der Waals surface area (Å²) in [6.07, 6.45) is 5.33. The Balaban J connectivity index is 1.95. The SMILES string of the molecule is CNCCC1CCN(c2ccnc(C(=O)OC)c2)CC1. The molecular weight excluding hydrogens is 254 g/mol. The van der Waals surface area contributed by atoms with Gasteiger partial charge in [0.2, 0.25) is 0 Å². The fraction of sp³-hybridized carbons (Fsp3) is 0.600. The lowest BCUT2D eigenvalue weighted by atomic mass is 9.93. The lowest BCUT2D eigenvalue weighted by molar-refractivity contribution is 0.0594. The molecule has 20 heavy (non-hydrogen) atoms. The van der Waals surface area contributed by atoms with E-state index >= 15 is 0 Å². The average molecular weight is 277 g/mol. The highest BCUT2D eigenvalue weighted by atomic mass is 16.5. The van der Waals surface area contributed by atoms with Crippen molar-refractivity contribution in [2.75, 3.05) is 38.7 Å². The van der Waals surface area contributed by atoms with Crippen LogP contribution in [0.1, 0.15) is 29.8 Å². The minimum atomic E-state index is -0.379. The number of piperidine rings is 1. The molecule has 5 heteroatoms. The van der Waals surface area contributed by atoms with Crippen LogP contribution < -0.4 is 10.2 Å². The van der Waals surface area contributed by atoms with Crippen molar-refractivity contribution in [3.8, 4) is 0 Å². The van der Waals surface area contributed by atoms with Crippen molar-refractivity contribution in [3.63, 3.8) is 0 Å². The number of aromatic nitrogens is 1. The summed E-state index contributed by atoms with van der Waals surface area (Å²) in [5.41, 5.74) is 1.44. The summed E-state index contributed by atoms with van der Waals surface area (Å²) >= 11 is 0. The third kappa shape index (κ3) is 3.70. The normalized spacial score (nSPS) is 16.2. The van der Waals surface area contributed by atoms with Gasteiger partial charge in [0.1, 0.15) is 5.69 Å². The second-order valence-corrected chi connectivity index (χ2v) is 5.21. The molecule has 0 bridgehead atoms. The monoisotopic (exact) mass is 277 g/mol. The first-order valence-electron chi connectivity index (χ1n) is 7.18. The van der Waals surface area contributed by atoms with Crippen LogP contribution in [0.25, 0.3) is 0 Å². The van der Waals surface area contributed by atoms with Crippen LogP contribution in [0.2, 0.25) is 0 Å².